The second-order valence-electron chi connectivity index (χ2n) is 3.61. The molecule has 0 aliphatic carbocycles. The van der Waals surface area contributed by atoms with E-state index in [9.17, 15) is 8.42 Å². The van der Waals surface area contributed by atoms with E-state index in [1.165, 1.54) is 7.05 Å². The molecule has 0 amide bonds. The predicted molar refractivity (Wildman–Crippen MR) is 64.9 cm³/mol. The van der Waals surface area contributed by atoms with Crippen molar-refractivity contribution in [1.29, 1.82) is 0 Å². The van der Waals surface area contributed by atoms with Gasteiger partial charge in [-0.15, -0.1) is 0 Å². The molecule has 0 fully saturated rings. The van der Waals surface area contributed by atoms with Crippen LogP contribution in [-0.2, 0) is 17.1 Å². The third kappa shape index (κ3) is 2.37. The highest BCUT2D eigenvalue weighted by atomic mass is 32.2. The fourth-order valence-corrected chi connectivity index (χ4v) is 2.29. The first-order chi connectivity index (χ1) is 8.03. The molecule has 2 aromatic rings. The molecule has 1 N–H and O–H groups in total. The zero-order valence-electron chi connectivity index (χ0n) is 9.58. The molecule has 1 aromatic heterocycles. The molecule has 0 bridgehead atoms. The fourth-order valence-electron chi connectivity index (χ4n) is 1.51. The van der Waals surface area contributed by atoms with Gasteiger partial charge in [0.1, 0.15) is 0 Å². The van der Waals surface area contributed by atoms with Gasteiger partial charge in [-0.05, 0) is 25.2 Å². The first kappa shape index (κ1) is 11.8. The predicted octanol–water partition coefficient (Wildman–Crippen LogP) is 0.995. The van der Waals surface area contributed by atoms with Crippen LogP contribution in [0.15, 0.2) is 41.4 Å². The van der Waals surface area contributed by atoms with Crippen molar-refractivity contribution in [2.75, 3.05) is 7.05 Å². The molecule has 0 radical (unpaired) electrons. The van der Waals surface area contributed by atoms with Gasteiger partial charge in [0, 0.05) is 18.8 Å². The Morgan fingerprint density at radius 2 is 2.06 bits per heavy atom. The maximum Gasteiger partial charge on any atom is 0.240 e. The second-order valence-corrected chi connectivity index (χ2v) is 5.50. The van der Waals surface area contributed by atoms with Gasteiger partial charge >= 0.3 is 0 Å². The topological polar surface area (TPSA) is 64.0 Å². The van der Waals surface area contributed by atoms with Crippen LogP contribution in [0.3, 0.4) is 0 Å². The Bertz CT molecular complexity index is 632. The van der Waals surface area contributed by atoms with Gasteiger partial charge in [0.25, 0.3) is 0 Å². The van der Waals surface area contributed by atoms with Crippen molar-refractivity contribution in [3.8, 4) is 11.3 Å². The van der Waals surface area contributed by atoms with Gasteiger partial charge in [0.2, 0.25) is 10.0 Å². The molecule has 0 saturated heterocycles. The number of aryl methyl sites for hydroxylation is 1. The van der Waals surface area contributed by atoms with Crippen molar-refractivity contribution in [3.05, 3.63) is 36.5 Å². The minimum absolute atomic E-state index is 0.239. The minimum Gasteiger partial charge on any atom is -0.275 e. The van der Waals surface area contributed by atoms with Crippen LogP contribution in [0.5, 0.6) is 0 Å². The molecule has 0 atom stereocenters. The van der Waals surface area contributed by atoms with E-state index in [4.69, 9.17) is 0 Å². The van der Waals surface area contributed by atoms with E-state index < -0.39 is 10.0 Å². The van der Waals surface area contributed by atoms with Crippen molar-refractivity contribution in [2.45, 2.75) is 4.90 Å². The third-order valence-electron chi connectivity index (χ3n) is 2.42. The molecule has 0 aliphatic rings. The SMILES string of the molecule is CNS(=O)(=O)c1cccc(-c2ccn(C)n2)c1. The van der Waals surface area contributed by atoms with Gasteiger partial charge in [0.05, 0.1) is 10.6 Å². The Morgan fingerprint density at radius 3 is 2.65 bits per heavy atom. The summed E-state index contributed by atoms with van der Waals surface area (Å²) in [5, 5.41) is 4.23. The molecular formula is C11H13N3O2S. The smallest absolute Gasteiger partial charge is 0.240 e. The van der Waals surface area contributed by atoms with E-state index in [0.29, 0.717) is 0 Å². The Morgan fingerprint density at radius 1 is 1.29 bits per heavy atom. The number of nitrogens with zero attached hydrogens (tertiary/aromatic N) is 2. The highest BCUT2D eigenvalue weighted by molar-refractivity contribution is 7.89. The maximum absolute atomic E-state index is 11.7. The van der Waals surface area contributed by atoms with Gasteiger partial charge in [-0.1, -0.05) is 12.1 Å². The normalized spacial score (nSPS) is 11.6. The van der Waals surface area contributed by atoms with E-state index in [1.807, 2.05) is 25.4 Å². The number of sulfonamides is 1. The largest absolute Gasteiger partial charge is 0.275 e. The fraction of sp³-hybridized carbons (Fsp3) is 0.182. The number of hydrogen-bond donors (Lipinski definition) is 1. The summed E-state index contributed by atoms with van der Waals surface area (Å²) in [6, 6.07) is 8.53. The van der Waals surface area contributed by atoms with Gasteiger partial charge in [-0.3, -0.25) is 4.68 Å². The highest BCUT2D eigenvalue weighted by Gasteiger charge is 2.12. The van der Waals surface area contributed by atoms with Crippen molar-refractivity contribution in [2.24, 2.45) is 7.05 Å². The molecule has 0 saturated carbocycles. The standard InChI is InChI=1S/C11H13N3O2S/c1-12-17(15,16)10-5-3-4-9(8-10)11-6-7-14(2)13-11/h3-8,12H,1-2H3. The second kappa shape index (κ2) is 4.31. The number of hydrogen-bond acceptors (Lipinski definition) is 3. The van der Waals surface area contributed by atoms with Crippen LogP contribution in [0.25, 0.3) is 11.3 Å². The van der Waals surface area contributed by atoms with E-state index in [1.54, 1.807) is 22.9 Å². The first-order valence-corrected chi connectivity index (χ1v) is 6.55. The average molecular weight is 251 g/mol. The number of rotatable bonds is 3. The quantitative estimate of drug-likeness (QED) is 0.885. The maximum atomic E-state index is 11.7. The lowest BCUT2D eigenvalue weighted by atomic mass is 10.2. The molecule has 90 valence electrons. The lowest BCUT2D eigenvalue weighted by Gasteiger charge is -2.03. The van der Waals surface area contributed by atoms with Crippen molar-refractivity contribution < 1.29 is 8.42 Å². The van der Waals surface area contributed by atoms with Crippen LogP contribution in [0.4, 0.5) is 0 Å². The van der Waals surface area contributed by atoms with Crippen molar-refractivity contribution in [1.82, 2.24) is 14.5 Å². The monoisotopic (exact) mass is 251 g/mol. The summed E-state index contributed by atoms with van der Waals surface area (Å²) in [4.78, 5) is 0.239. The van der Waals surface area contributed by atoms with Crippen LogP contribution >= 0.6 is 0 Å². The van der Waals surface area contributed by atoms with E-state index in [-0.39, 0.29) is 4.90 Å². The summed E-state index contributed by atoms with van der Waals surface area (Å²) < 4.78 is 27.3. The Balaban J connectivity index is 2.49. The van der Waals surface area contributed by atoms with Crippen LogP contribution in [-0.4, -0.2) is 25.2 Å². The molecule has 17 heavy (non-hydrogen) atoms. The zero-order valence-corrected chi connectivity index (χ0v) is 10.4. The summed E-state index contributed by atoms with van der Waals surface area (Å²) in [5.41, 5.74) is 1.53. The first-order valence-electron chi connectivity index (χ1n) is 5.06. The Labute approximate surface area is 100 Å². The summed E-state index contributed by atoms with van der Waals surface area (Å²) in [6.07, 6.45) is 1.81. The molecule has 1 heterocycles. The lowest BCUT2D eigenvalue weighted by Crippen LogP contribution is -2.18. The average Bonchev–Trinajstić information content (AvgIpc) is 2.76. The molecule has 2 rings (SSSR count). The van der Waals surface area contributed by atoms with E-state index in [0.717, 1.165) is 11.3 Å². The lowest BCUT2D eigenvalue weighted by molar-refractivity contribution is 0.588. The van der Waals surface area contributed by atoms with E-state index >= 15 is 0 Å². The highest BCUT2D eigenvalue weighted by Crippen LogP contribution is 2.20. The summed E-state index contributed by atoms with van der Waals surface area (Å²) in [7, 11) is -0.198. The van der Waals surface area contributed by atoms with Crippen LogP contribution < -0.4 is 4.72 Å². The molecular weight excluding hydrogens is 238 g/mol. The van der Waals surface area contributed by atoms with Crippen LogP contribution in [0, 0.1) is 0 Å². The van der Waals surface area contributed by atoms with E-state index in [2.05, 4.69) is 9.82 Å². The molecule has 0 spiro atoms. The molecule has 6 heteroatoms. The summed E-state index contributed by atoms with van der Waals surface area (Å²) in [6.45, 7) is 0. The third-order valence-corrected chi connectivity index (χ3v) is 3.83. The number of benzene rings is 1. The zero-order chi connectivity index (χ0) is 12.5. The van der Waals surface area contributed by atoms with Gasteiger partial charge in [0.15, 0.2) is 0 Å². The van der Waals surface area contributed by atoms with Crippen LogP contribution in [0.2, 0.25) is 0 Å². The molecule has 1 aromatic carbocycles. The number of aromatic nitrogens is 2. The minimum atomic E-state index is -3.41. The van der Waals surface area contributed by atoms with Gasteiger partial charge < -0.3 is 0 Å². The Kier molecular flexibility index (Phi) is 2.99. The molecule has 0 aliphatic heterocycles. The summed E-state index contributed by atoms with van der Waals surface area (Å²) in [5.74, 6) is 0. The van der Waals surface area contributed by atoms with Crippen molar-refractivity contribution in [3.63, 3.8) is 0 Å². The van der Waals surface area contributed by atoms with Crippen molar-refractivity contribution >= 4 is 10.0 Å². The summed E-state index contributed by atoms with van der Waals surface area (Å²) >= 11 is 0. The van der Waals surface area contributed by atoms with Gasteiger partial charge in [-0.25, -0.2) is 13.1 Å². The molecule has 0 unspecified atom stereocenters. The molecule has 5 nitrogen and oxygen atoms in total. The van der Waals surface area contributed by atoms with Gasteiger partial charge in [-0.2, -0.15) is 5.10 Å². The Hall–Kier alpha value is -1.66. The number of nitrogens with one attached hydrogen (secondary N) is 1. The van der Waals surface area contributed by atoms with Crippen LogP contribution in [0.1, 0.15) is 0 Å².